The summed E-state index contributed by atoms with van der Waals surface area (Å²) in [7, 11) is 3.80. The normalized spacial score (nSPS) is 14.5. The van der Waals surface area contributed by atoms with Crippen molar-refractivity contribution in [3.63, 3.8) is 0 Å². The van der Waals surface area contributed by atoms with E-state index in [1.54, 1.807) is 7.11 Å². The molecule has 1 heterocycles. The Balaban J connectivity index is 2.17. The third-order valence-electron chi connectivity index (χ3n) is 4.03. The fraction of sp³-hybridized carbons (Fsp3) is 0.588. The van der Waals surface area contributed by atoms with Gasteiger partial charge in [0.2, 0.25) is 0 Å². The van der Waals surface area contributed by atoms with Gasteiger partial charge in [0, 0.05) is 32.7 Å². The van der Waals surface area contributed by atoms with Crippen LogP contribution in [-0.2, 0) is 17.7 Å². The summed E-state index contributed by atoms with van der Waals surface area (Å²) in [6.45, 7) is 6.18. The second kappa shape index (κ2) is 7.57. The van der Waals surface area contributed by atoms with Gasteiger partial charge in [0.1, 0.15) is 5.82 Å². The second-order valence-electron chi connectivity index (χ2n) is 5.75. The van der Waals surface area contributed by atoms with E-state index >= 15 is 0 Å². The molecule has 0 saturated carbocycles. The van der Waals surface area contributed by atoms with Crippen LogP contribution in [0.25, 0.3) is 11.0 Å². The van der Waals surface area contributed by atoms with E-state index in [4.69, 9.17) is 9.72 Å². The molecule has 1 aromatic carbocycles. The zero-order chi connectivity index (χ0) is 15.2. The summed E-state index contributed by atoms with van der Waals surface area (Å²) in [6, 6.07) is 8.80. The Morgan fingerprint density at radius 3 is 2.76 bits per heavy atom. The fourth-order valence-corrected chi connectivity index (χ4v) is 3.00. The van der Waals surface area contributed by atoms with Crippen LogP contribution in [0.2, 0.25) is 0 Å². The van der Waals surface area contributed by atoms with Crippen molar-refractivity contribution in [1.82, 2.24) is 14.9 Å². The Hall–Kier alpha value is -1.39. The molecule has 0 aliphatic carbocycles. The van der Waals surface area contributed by atoms with Gasteiger partial charge in [0.05, 0.1) is 11.0 Å². The summed E-state index contributed by atoms with van der Waals surface area (Å²) in [5.41, 5.74) is 2.32. The number of aromatic nitrogens is 2. The van der Waals surface area contributed by atoms with E-state index in [2.05, 4.69) is 48.0 Å². The molecule has 0 saturated heterocycles. The molecule has 4 nitrogen and oxygen atoms in total. The number of para-hydroxylation sites is 2. The van der Waals surface area contributed by atoms with Crippen molar-refractivity contribution in [2.75, 3.05) is 20.8 Å². The van der Waals surface area contributed by atoms with Crippen LogP contribution in [0, 0.1) is 5.92 Å². The van der Waals surface area contributed by atoms with Crippen molar-refractivity contribution in [2.24, 2.45) is 5.92 Å². The molecule has 0 radical (unpaired) electrons. The van der Waals surface area contributed by atoms with Crippen molar-refractivity contribution in [1.29, 1.82) is 0 Å². The first-order valence-corrected chi connectivity index (χ1v) is 7.79. The highest BCUT2D eigenvalue weighted by Crippen LogP contribution is 2.18. The highest BCUT2D eigenvalue weighted by molar-refractivity contribution is 5.75. The fourth-order valence-electron chi connectivity index (χ4n) is 3.00. The van der Waals surface area contributed by atoms with Gasteiger partial charge in [-0.05, 0) is 38.4 Å². The SMILES string of the molecule is CCn1c(CC(CC(C)COC)NC)nc2ccccc21. The topological polar surface area (TPSA) is 39.1 Å². The average Bonchev–Trinajstić information content (AvgIpc) is 2.83. The summed E-state index contributed by atoms with van der Waals surface area (Å²) in [6.07, 6.45) is 2.05. The lowest BCUT2D eigenvalue weighted by Gasteiger charge is -2.20. The molecule has 0 spiro atoms. The first kappa shape index (κ1) is 16.0. The summed E-state index contributed by atoms with van der Waals surface area (Å²) in [5.74, 6) is 1.72. The zero-order valence-corrected chi connectivity index (χ0v) is 13.6. The molecule has 0 aliphatic rings. The number of benzene rings is 1. The standard InChI is InChI=1S/C17H27N3O/c1-5-20-16-9-7-6-8-15(16)19-17(20)11-14(18-3)10-13(2)12-21-4/h6-9,13-14,18H,5,10-12H2,1-4H3. The Morgan fingerprint density at radius 2 is 2.10 bits per heavy atom. The van der Waals surface area contributed by atoms with Crippen LogP contribution in [-0.4, -0.2) is 36.4 Å². The minimum Gasteiger partial charge on any atom is -0.384 e. The summed E-state index contributed by atoms with van der Waals surface area (Å²) < 4.78 is 7.56. The number of imidazole rings is 1. The number of nitrogens with zero attached hydrogens (tertiary/aromatic N) is 2. The van der Waals surface area contributed by atoms with Gasteiger partial charge in [-0.1, -0.05) is 19.1 Å². The van der Waals surface area contributed by atoms with Crippen molar-refractivity contribution in [2.45, 2.75) is 39.3 Å². The molecule has 0 fully saturated rings. The van der Waals surface area contributed by atoms with E-state index in [1.807, 2.05) is 7.05 Å². The van der Waals surface area contributed by atoms with Gasteiger partial charge in [0.15, 0.2) is 0 Å². The van der Waals surface area contributed by atoms with Crippen LogP contribution in [0.15, 0.2) is 24.3 Å². The maximum absolute atomic E-state index is 5.24. The van der Waals surface area contributed by atoms with Crippen molar-refractivity contribution < 1.29 is 4.74 Å². The predicted octanol–water partition coefficient (Wildman–Crippen LogP) is 2.86. The predicted molar refractivity (Wildman–Crippen MR) is 87.6 cm³/mol. The molecular weight excluding hydrogens is 262 g/mol. The summed E-state index contributed by atoms with van der Waals surface area (Å²) in [5, 5.41) is 3.43. The van der Waals surface area contributed by atoms with Crippen LogP contribution in [0.3, 0.4) is 0 Å². The average molecular weight is 289 g/mol. The molecule has 2 atom stereocenters. The lowest BCUT2D eigenvalue weighted by atomic mass is 10.00. The number of aryl methyl sites for hydroxylation is 1. The molecule has 21 heavy (non-hydrogen) atoms. The van der Waals surface area contributed by atoms with Gasteiger partial charge in [0.25, 0.3) is 0 Å². The number of hydrogen-bond acceptors (Lipinski definition) is 3. The molecule has 0 aliphatic heterocycles. The maximum atomic E-state index is 5.24. The lowest BCUT2D eigenvalue weighted by molar-refractivity contribution is 0.149. The first-order valence-electron chi connectivity index (χ1n) is 7.79. The van der Waals surface area contributed by atoms with E-state index in [0.29, 0.717) is 12.0 Å². The maximum Gasteiger partial charge on any atom is 0.111 e. The molecule has 2 rings (SSSR count). The highest BCUT2D eigenvalue weighted by Gasteiger charge is 2.16. The van der Waals surface area contributed by atoms with E-state index in [9.17, 15) is 0 Å². The van der Waals surface area contributed by atoms with Crippen molar-refractivity contribution in [3.8, 4) is 0 Å². The number of nitrogens with one attached hydrogen (secondary N) is 1. The third-order valence-corrected chi connectivity index (χ3v) is 4.03. The van der Waals surface area contributed by atoms with Crippen LogP contribution >= 0.6 is 0 Å². The molecule has 2 unspecified atom stereocenters. The van der Waals surface area contributed by atoms with Crippen LogP contribution in [0.5, 0.6) is 0 Å². The molecule has 4 heteroatoms. The number of methoxy groups -OCH3 is 1. The Morgan fingerprint density at radius 1 is 1.33 bits per heavy atom. The number of hydrogen-bond donors (Lipinski definition) is 1. The second-order valence-corrected chi connectivity index (χ2v) is 5.75. The number of rotatable bonds is 8. The van der Waals surface area contributed by atoms with E-state index in [1.165, 1.54) is 11.3 Å². The molecule has 1 aromatic heterocycles. The van der Waals surface area contributed by atoms with Crippen molar-refractivity contribution in [3.05, 3.63) is 30.1 Å². The quantitative estimate of drug-likeness (QED) is 0.812. The third kappa shape index (κ3) is 3.83. The Kier molecular flexibility index (Phi) is 5.76. The van der Waals surface area contributed by atoms with Gasteiger partial charge >= 0.3 is 0 Å². The first-order chi connectivity index (χ1) is 10.2. The smallest absolute Gasteiger partial charge is 0.111 e. The molecule has 116 valence electrons. The van der Waals surface area contributed by atoms with E-state index < -0.39 is 0 Å². The van der Waals surface area contributed by atoms with Gasteiger partial charge in [-0.3, -0.25) is 0 Å². The van der Waals surface area contributed by atoms with Crippen molar-refractivity contribution >= 4 is 11.0 Å². The largest absolute Gasteiger partial charge is 0.384 e. The van der Waals surface area contributed by atoms with Crippen LogP contribution < -0.4 is 5.32 Å². The molecule has 2 aromatic rings. The number of fused-ring (bicyclic) bond motifs is 1. The molecule has 0 amide bonds. The summed E-state index contributed by atoms with van der Waals surface area (Å²) >= 11 is 0. The Bertz CT molecular complexity index is 564. The molecule has 0 bridgehead atoms. The zero-order valence-electron chi connectivity index (χ0n) is 13.6. The minimum absolute atomic E-state index is 0.428. The lowest BCUT2D eigenvalue weighted by Crippen LogP contribution is -2.31. The monoisotopic (exact) mass is 289 g/mol. The van der Waals surface area contributed by atoms with Gasteiger partial charge < -0.3 is 14.6 Å². The van der Waals surface area contributed by atoms with Gasteiger partial charge in [-0.2, -0.15) is 0 Å². The van der Waals surface area contributed by atoms with Gasteiger partial charge in [-0.25, -0.2) is 4.98 Å². The minimum atomic E-state index is 0.428. The van der Waals surface area contributed by atoms with Crippen LogP contribution in [0.1, 0.15) is 26.1 Å². The number of ether oxygens (including phenoxy) is 1. The Labute approximate surface area is 127 Å². The van der Waals surface area contributed by atoms with E-state index in [-0.39, 0.29) is 0 Å². The highest BCUT2D eigenvalue weighted by atomic mass is 16.5. The van der Waals surface area contributed by atoms with Gasteiger partial charge in [-0.15, -0.1) is 0 Å². The molecule has 1 N–H and O–H groups in total. The van der Waals surface area contributed by atoms with Crippen LogP contribution in [0.4, 0.5) is 0 Å². The summed E-state index contributed by atoms with van der Waals surface area (Å²) in [4.78, 5) is 4.82. The number of likely N-dealkylation sites (N-methyl/N-ethyl adjacent to an activating group) is 1. The molecular formula is C17H27N3O. The van der Waals surface area contributed by atoms with E-state index in [0.717, 1.165) is 31.5 Å².